The molecule has 1 aliphatic rings. The SMILES string of the molecule is CCCNc1nc(OC2CCC(C)C(C)C2)c(Cl)cc1Cl. The molecule has 118 valence electrons. The van der Waals surface area contributed by atoms with Gasteiger partial charge in [-0.2, -0.15) is 4.98 Å². The number of ether oxygens (including phenoxy) is 1. The summed E-state index contributed by atoms with van der Waals surface area (Å²) < 4.78 is 6.04. The summed E-state index contributed by atoms with van der Waals surface area (Å²) in [5, 5.41) is 4.22. The molecule has 0 amide bonds. The van der Waals surface area contributed by atoms with Gasteiger partial charge in [0, 0.05) is 6.54 Å². The number of pyridine rings is 1. The molecule has 1 fully saturated rings. The summed E-state index contributed by atoms with van der Waals surface area (Å²) in [6, 6.07) is 1.71. The van der Waals surface area contributed by atoms with Crippen molar-refractivity contribution >= 4 is 29.0 Å². The molecule has 3 nitrogen and oxygen atoms in total. The van der Waals surface area contributed by atoms with Gasteiger partial charge in [-0.05, 0) is 43.6 Å². The first kappa shape index (κ1) is 16.7. The quantitative estimate of drug-likeness (QED) is 0.783. The molecule has 1 aromatic heterocycles. The van der Waals surface area contributed by atoms with Gasteiger partial charge in [-0.3, -0.25) is 0 Å². The Morgan fingerprint density at radius 2 is 2.00 bits per heavy atom. The van der Waals surface area contributed by atoms with E-state index in [1.807, 2.05) is 0 Å². The molecule has 0 aromatic carbocycles. The number of hydrogen-bond acceptors (Lipinski definition) is 3. The standard InChI is InChI=1S/C16H24Cl2N2O/c1-4-7-19-15-13(17)9-14(18)16(20-15)21-12-6-5-10(2)11(3)8-12/h9-12H,4-8H2,1-3H3,(H,19,20). The van der Waals surface area contributed by atoms with Gasteiger partial charge in [-0.1, -0.05) is 44.0 Å². The molecule has 21 heavy (non-hydrogen) atoms. The third-order valence-corrected chi connectivity index (χ3v) is 4.83. The zero-order chi connectivity index (χ0) is 15.4. The molecule has 3 atom stereocenters. The van der Waals surface area contributed by atoms with Crippen LogP contribution in [0.4, 0.5) is 5.82 Å². The fourth-order valence-electron chi connectivity index (χ4n) is 2.66. The van der Waals surface area contributed by atoms with Crippen LogP contribution in [0.25, 0.3) is 0 Å². The van der Waals surface area contributed by atoms with E-state index in [1.54, 1.807) is 6.07 Å². The van der Waals surface area contributed by atoms with Crippen LogP contribution in [0.15, 0.2) is 6.07 Å². The predicted molar refractivity (Wildman–Crippen MR) is 89.6 cm³/mol. The highest BCUT2D eigenvalue weighted by atomic mass is 35.5. The average molecular weight is 331 g/mol. The van der Waals surface area contributed by atoms with Gasteiger partial charge in [0.25, 0.3) is 0 Å². The highest BCUT2D eigenvalue weighted by Gasteiger charge is 2.26. The number of nitrogens with zero attached hydrogens (tertiary/aromatic N) is 1. The maximum absolute atomic E-state index is 6.22. The molecular formula is C16H24Cl2N2O. The third-order valence-electron chi connectivity index (χ3n) is 4.27. The predicted octanol–water partition coefficient (Wildman–Crippen LogP) is 5.41. The average Bonchev–Trinajstić information content (AvgIpc) is 2.44. The van der Waals surface area contributed by atoms with Crippen LogP contribution in [0.2, 0.25) is 10.0 Å². The molecule has 1 N–H and O–H groups in total. The first-order chi connectivity index (χ1) is 10.0. The summed E-state index contributed by atoms with van der Waals surface area (Å²) in [4.78, 5) is 4.45. The van der Waals surface area contributed by atoms with Crippen molar-refractivity contribution in [3.05, 3.63) is 16.1 Å². The molecule has 3 unspecified atom stereocenters. The Hall–Kier alpha value is -0.670. The molecule has 1 aromatic rings. The number of anilines is 1. The molecule has 5 heteroatoms. The summed E-state index contributed by atoms with van der Waals surface area (Å²) in [7, 11) is 0. The fourth-order valence-corrected chi connectivity index (χ4v) is 3.13. The second kappa shape index (κ2) is 7.55. The maximum Gasteiger partial charge on any atom is 0.234 e. The summed E-state index contributed by atoms with van der Waals surface area (Å²) in [6.45, 7) is 7.51. The monoisotopic (exact) mass is 330 g/mol. The summed E-state index contributed by atoms with van der Waals surface area (Å²) >= 11 is 12.4. The van der Waals surface area contributed by atoms with Gasteiger partial charge in [0.1, 0.15) is 16.9 Å². The van der Waals surface area contributed by atoms with Gasteiger partial charge in [0.15, 0.2) is 0 Å². The molecule has 1 heterocycles. The van der Waals surface area contributed by atoms with E-state index in [2.05, 4.69) is 31.1 Å². The Kier molecular flexibility index (Phi) is 6.00. The minimum atomic E-state index is 0.196. The Bertz CT molecular complexity index is 482. The lowest BCUT2D eigenvalue weighted by Crippen LogP contribution is -2.29. The Morgan fingerprint density at radius 3 is 2.67 bits per heavy atom. The van der Waals surface area contributed by atoms with Crippen LogP contribution in [0.5, 0.6) is 5.88 Å². The number of hydrogen-bond donors (Lipinski definition) is 1. The largest absolute Gasteiger partial charge is 0.473 e. The molecule has 0 saturated heterocycles. The Labute approximate surface area is 137 Å². The van der Waals surface area contributed by atoms with E-state index in [1.165, 1.54) is 6.42 Å². The minimum absolute atomic E-state index is 0.196. The van der Waals surface area contributed by atoms with E-state index in [0.29, 0.717) is 27.7 Å². The first-order valence-electron chi connectivity index (χ1n) is 7.77. The lowest BCUT2D eigenvalue weighted by Gasteiger charge is -2.32. The van der Waals surface area contributed by atoms with Crippen LogP contribution < -0.4 is 10.1 Å². The van der Waals surface area contributed by atoms with Gasteiger partial charge < -0.3 is 10.1 Å². The number of rotatable bonds is 5. The van der Waals surface area contributed by atoms with Crippen molar-refractivity contribution in [2.75, 3.05) is 11.9 Å². The number of nitrogens with one attached hydrogen (secondary N) is 1. The van der Waals surface area contributed by atoms with Crippen molar-refractivity contribution in [3.8, 4) is 5.88 Å². The second-order valence-electron chi connectivity index (χ2n) is 6.04. The van der Waals surface area contributed by atoms with E-state index < -0.39 is 0 Å². The van der Waals surface area contributed by atoms with Crippen LogP contribution in [-0.2, 0) is 0 Å². The zero-order valence-electron chi connectivity index (χ0n) is 13.0. The summed E-state index contributed by atoms with van der Waals surface area (Å²) in [5.74, 6) is 2.58. The van der Waals surface area contributed by atoms with Crippen molar-refractivity contribution in [1.29, 1.82) is 0 Å². The molecule has 1 aliphatic carbocycles. The zero-order valence-corrected chi connectivity index (χ0v) is 14.5. The van der Waals surface area contributed by atoms with E-state index in [0.717, 1.165) is 31.7 Å². The Morgan fingerprint density at radius 1 is 1.24 bits per heavy atom. The maximum atomic E-state index is 6.22. The van der Waals surface area contributed by atoms with Gasteiger partial charge >= 0.3 is 0 Å². The van der Waals surface area contributed by atoms with Crippen LogP contribution in [0, 0.1) is 11.8 Å². The molecule has 0 aliphatic heterocycles. The van der Waals surface area contributed by atoms with E-state index in [-0.39, 0.29) is 6.10 Å². The minimum Gasteiger partial charge on any atom is -0.473 e. The third kappa shape index (κ3) is 4.40. The van der Waals surface area contributed by atoms with Gasteiger partial charge in [-0.15, -0.1) is 0 Å². The lowest BCUT2D eigenvalue weighted by molar-refractivity contribution is 0.0967. The van der Waals surface area contributed by atoms with Crippen LogP contribution in [-0.4, -0.2) is 17.6 Å². The second-order valence-corrected chi connectivity index (χ2v) is 6.85. The number of aromatic nitrogens is 1. The molecule has 2 rings (SSSR count). The highest BCUT2D eigenvalue weighted by molar-refractivity contribution is 6.36. The Balaban J connectivity index is 2.08. The van der Waals surface area contributed by atoms with Crippen molar-refractivity contribution in [2.24, 2.45) is 11.8 Å². The molecule has 0 radical (unpaired) electrons. The smallest absolute Gasteiger partial charge is 0.234 e. The first-order valence-corrected chi connectivity index (χ1v) is 8.53. The van der Waals surface area contributed by atoms with E-state index in [4.69, 9.17) is 27.9 Å². The van der Waals surface area contributed by atoms with Gasteiger partial charge in [-0.25, -0.2) is 0 Å². The van der Waals surface area contributed by atoms with Crippen molar-refractivity contribution in [2.45, 2.75) is 52.6 Å². The lowest BCUT2D eigenvalue weighted by atomic mass is 9.80. The van der Waals surface area contributed by atoms with Gasteiger partial charge in [0.05, 0.1) is 5.02 Å². The van der Waals surface area contributed by atoms with Crippen LogP contribution in [0.1, 0.15) is 46.5 Å². The van der Waals surface area contributed by atoms with Crippen LogP contribution in [0.3, 0.4) is 0 Å². The number of halogens is 2. The van der Waals surface area contributed by atoms with Crippen molar-refractivity contribution in [3.63, 3.8) is 0 Å². The highest BCUT2D eigenvalue weighted by Crippen LogP contribution is 2.35. The molecule has 1 saturated carbocycles. The van der Waals surface area contributed by atoms with Gasteiger partial charge in [0.2, 0.25) is 5.88 Å². The fraction of sp³-hybridized carbons (Fsp3) is 0.688. The summed E-state index contributed by atoms with van der Waals surface area (Å²) in [6.07, 6.45) is 4.51. The van der Waals surface area contributed by atoms with E-state index in [9.17, 15) is 0 Å². The van der Waals surface area contributed by atoms with E-state index >= 15 is 0 Å². The van der Waals surface area contributed by atoms with Crippen LogP contribution >= 0.6 is 23.2 Å². The normalized spacial score (nSPS) is 25.7. The molecule has 0 bridgehead atoms. The van der Waals surface area contributed by atoms with Crippen molar-refractivity contribution in [1.82, 2.24) is 4.98 Å². The molecule has 0 spiro atoms. The molecular weight excluding hydrogens is 307 g/mol. The summed E-state index contributed by atoms with van der Waals surface area (Å²) in [5.41, 5.74) is 0. The topological polar surface area (TPSA) is 34.2 Å². The van der Waals surface area contributed by atoms with Crippen molar-refractivity contribution < 1.29 is 4.74 Å².